The molecule has 0 saturated carbocycles. The van der Waals surface area contributed by atoms with Crippen LogP contribution in [0.1, 0.15) is 35.7 Å². The van der Waals surface area contributed by atoms with E-state index in [0.29, 0.717) is 6.04 Å². The standard InChI is InChI=1S/C17H19NO/c1-12-5-6-15-11-16(8-7-14(15)10-12)17(19)18-9-3-4-13(18)2/h5-8,10-11,13H,3-4,9H2,1-2H3/t13-/m0/s1. The molecule has 0 bridgehead atoms. The quantitative estimate of drug-likeness (QED) is 0.757. The minimum Gasteiger partial charge on any atom is -0.336 e. The Hall–Kier alpha value is -1.83. The molecule has 0 radical (unpaired) electrons. The molecule has 0 unspecified atom stereocenters. The summed E-state index contributed by atoms with van der Waals surface area (Å²) in [4.78, 5) is 14.5. The van der Waals surface area contributed by atoms with Crippen LogP contribution >= 0.6 is 0 Å². The molecule has 98 valence electrons. The van der Waals surface area contributed by atoms with Gasteiger partial charge in [0, 0.05) is 18.2 Å². The number of benzene rings is 2. The van der Waals surface area contributed by atoms with Crippen molar-refractivity contribution in [3.05, 3.63) is 47.5 Å². The van der Waals surface area contributed by atoms with Crippen LogP contribution in [0.3, 0.4) is 0 Å². The monoisotopic (exact) mass is 253 g/mol. The average molecular weight is 253 g/mol. The number of carbonyl (C=O) groups excluding carboxylic acids is 1. The van der Waals surface area contributed by atoms with Crippen LogP contribution in [0.15, 0.2) is 36.4 Å². The van der Waals surface area contributed by atoms with Gasteiger partial charge in [0.2, 0.25) is 0 Å². The van der Waals surface area contributed by atoms with E-state index in [9.17, 15) is 4.79 Å². The third-order valence-corrected chi connectivity index (χ3v) is 4.06. The second-order valence-corrected chi connectivity index (χ2v) is 5.56. The third-order valence-electron chi connectivity index (χ3n) is 4.06. The number of likely N-dealkylation sites (tertiary alicyclic amines) is 1. The fourth-order valence-corrected chi connectivity index (χ4v) is 2.90. The van der Waals surface area contributed by atoms with Gasteiger partial charge in [-0.2, -0.15) is 0 Å². The highest BCUT2D eigenvalue weighted by Crippen LogP contribution is 2.22. The van der Waals surface area contributed by atoms with Gasteiger partial charge in [-0.3, -0.25) is 4.79 Å². The van der Waals surface area contributed by atoms with Crippen LogP contribution in [0.2, 0.25) is 0 Å². The number of rotatable bonds is 1. The van der Waals surface area contributed by atoms with Gasteiger partial charge < -0.3 is 4.90 Å². The summed E-state index contributed by atoms with van der Waals surface area (Å²) in [6, 6.07) is 12.7. The Kier molecular flexibility index (Phi) is 3.02. The molecule has 1 atom stereocenters. The Bertz CT molecular complexity index is 632. The van der Waals surface area contributed by atoms with Crippen LogP contribution in [-0.2, 0) is 0 Å². The van der Waals surface area contributed by atoms with Gasteiger partial charge in [0.05, 0.1) is 0 Å². The first kappa shape index (κ1) is 12.2. The van der Waals surface area contributed by atoms with Crippen LogP contribution in [0.25, 0.3) is 10.8 Å². The molecule has 19 heavy (non-hydrogen) atoms. The molecular formula is C17H19NO. The van der Waals surface area contributed by atoms with Crippen LogP contribution in [-0.4, -0.2) is 23.4 Å². The zero-order valence-corrected chi connectivity index (χ0v) is 11.5. The summed E-state index contributed by atoms with van der Waals surface area (Å²) >= 11 is 0. The molecule has 2 heteroatoms. The minimum atomic E-state index is 0.174. The Morgan fingerprint density at radius 2 is 1.89 bits per heavy atom. The van der Waals surface area contributed by atoms with E-state index in [1.165, 1.54) is 10.9 Å². The first-order valence-electron chi connectivity index (χ1n) is 6.96. The number of carbonyl (C=O) groups is 1. The Morgan fingerprint density at radius 1 is 1.16 bits per heavy atom. The van der Waals surface area contributed by atoms with E-state index < -0.39 is 0 Å². The van der Waals surface area contributed by atoms with Crippen molar-refractivity contribution in [3.8, 4) is 0 Å². The molecule has 1 aliphatic rings. The number of hydrogen-bond acceptors (Lipinski definition) is 1. The lowest BCUT2D eigenvalue weighted by Crippen LogP contribution is -2.33. The molecule has 2 aromatic carbocycles. The van der Waals surface area contributed by atoms with Crippen molar-refractivity contribution in [2.75, 3.05) is 6.54 Å². The largest absolute Gasteiger partial charge is 0.336 e. The van der Waals surface area contributed by atoms with Gasteiger partial charge >= 0.3 is 0 Å². The van der Waals surface area contributed by atoms with Gasteiger partial charge in [-0.1, -0.05) is 29.8 Å². The van der Waals surface area contributed by atoms with Crippen molar-refractivity contribution in [2.45, 2.75) is 32.7 Å². The Balaban J connectivity index is 1.97. The Labute approximate surface area is 114 Å². The fourth-order valence-electron chi connectivity index (χ4n) is 2.90. The zero-order valence-electron chi connectivity index (χ0n) is 11.5. The molecule has 0 spiro atoms. The minimum absolute atomic E-state index is 0.174. The van der Waals surface area contributed by atoms with Crippen molar-refractivity contribution in [2.24, 2.45) is 0 Å². The second-order valence-electron chi connectivity index (χ2n) is 5.56. The molecule has 0 aliphatic carbocycles. The van der Waals surface area contributed by atoms with E-state index in [-0.39, 0.29) is 5.91 Å². The number of nitrogens with zero attached hydrogens (tertiary/aromatic N) is 1. The van der Waals surface area contributed by atoms with E-state index in [1.54, 1.807) is 0 Å². The highest BCUT2D eigenvalue weighted by molar-refractivity contribution is 5.99. The molecule has 2 aromatic rings. The van der Waals surface area contributed by atoms with E-state index in [4.69, 9.17) is 0 Å². The number of amides is 1. The molecule has 1 fully saturated rings. The van der Waals surface area contributed by atoms with E-state index in [0.717, 1.165) is 30.3 Å². The molecule has 3 rings (SSSR count). The van der Waals surface area contributed by atoms with Crippen molar-refractivity contribution >= 4 is 16.7 Å². The van der Waals surface area contributed by atoms with Crippen LogP contribution in [0.5, 0.6) is 0 Å². The van der Waals surface area contributed by atoms with E-state index in [2.05, 4.69) is 38.1 Å². The summed E-state index contributed by atoms with van der Waals surface area (Å²) in [7, 11) is 0. The first-order chi connectivity index (χ1) is 9.15. The van der Waals surface area contributed by atoms with Crippen molar-refractivity contribution < 1.29 is 4.79 Å². The molecular weight excluding hydrogens is 234 g/mol. The van der Waals surface area contributed by atoms with E-state index in [1.807, 2.05) is 17.0 Å². The van der Waals surface area contributed by atoms with Gasteiger partial charge in [0.1, 0.15) is 0 Å². The predicted octanol–water partition coefficient (Wildman–Crippen LogP) is 3.77. The summed E-state index contributed by atoms with van der Waals surface area (Å²) in [5, 5.41) is 2.34. The molecule has 1 saturated heterocycles. The SMILES string of the molecule is Cc1ccc2cc(C(=O)N3CCC[C@@H]3C)ccc2c1. The van der Waals surface area contributed by atoms with Crippen molar-refractivity contribution in [1.82, 2.24) is 4.90 Å². The maximum Gasteiger partial charge on any atom is 0.254 e. The number of hydrogen-bond donors (Lipinski definition) is 0. The maximum absolute atomic E-state index is 12.5. The zero-order chi connectivity index (χ0) is 13.4. The molecule has 1 amide bonds. The predicted molar refractivity (Wildman–Crippen MR) is 78.4 cm³/mol. The van der Waals surface area contributed by atoms with Gasteiger partial charge in [-0.15, -0.1) is 0 Å². The lowest BCUT2D eigenvalue weighted by atomic mass is 10.0. The molecule has 0 N–H and O–H groups in total. The highest BCUT2D eigenvalue weighted by atomic mass is 16.2. The first-order valence-corrected chi connectivity index (χ1v) is 6.96. The average Bonchev–Trinajstić information content (AvgIpc) is 2.83. The topological polar surface area (TPSA) is 20.3 Å². The summed E-state index contributed by atoms with van der Waals surface area (Å²) in [5.41, 5.74) is 2.06. The number of fused-ring (bicyclic) bond motifs is 1. The lowest BCUT2D eigenvalue weighted by Gasteiger charge is -2.21. The second kappa shape index (κ2) is 4.69. The third kappa shape index (κ3) is 2.23. The fraction of sp³-hybridized carbons (Fsp3) is 0.353. The summed E-state index contributed by atoms with van der Waals surface area (Å²) in [6.45, 7) is 5.12. The van der Waals surface area contributed by atoms with Crippen LogP contribution in [0, 0.1) is 6.92 Å². The van der Waals surface area contributed by atoms with Gasteiger partial charge in [0.25, 0.3) is 5.91 Å². The molecule has 0 aromatic heterocycles. The summed E-state index contributed by atoms with van der Waals surface area (Å²) in [5.74, 6) is 0.174. The molecule has 1 heterocycles. The molecule has 2 nitrogen and oxygen atoms in total. The van der Waals surface area contributed by atoms with Crippen molar-refractivity contribution in [1.29, 1.82) is 0 Å². The Morgan fingerprint density at radius 3 is 2.63 bits per heavy atom. The normalized spacial score (nSPS) is 19.1. The maximum atomic E-state index is 12.5. The van der Waals surface area contributed by atoms with Crippen molar-refractivity contribution in [3.63, 3.8) is 0 Å². The highest BCUT2D eigenvalue weighted by Gasteiger charge is 2.25. The molecule has 1 aliphatic heterocycles. The van der Waals surface area contributed by atoms with Crippen LogP contribution < -0.4 is 0 Å². The van der Waals surface area contributed by atoms with Gasteiger partial charge in [-0.25, -0.2) is 0 Å². The van der Waals surface area contributed by atoms with E-state index >= 15 is 0 Å². The number of aryl methyl sites for hydroxylation is 1. The smallest absolute Gasteiger partial charge is 0.254 e. The van der Waals surface area contributed by atoms with Crippen LogP contribution in [0.4, 0.5) is 0 Å². The van der Waals surface area contributed by atoms with Gasteiger partial charge in [0.15, 0.2) is 0 Å². The summed E-state index contributed by atoms with van der Waals surface area (Å²) < 4.78 is 0. The summed E-state index contributed by atoms with van der Waals surface area (Å²) in [6.07, 6.45) is 2.25. The lowest BCUT2D eigenvalue weighted by molar-refractivity contribution is 0.0747. The van der Waals surface area contributed by atoms with Gasteiger partial charge in [-0.05, 0) is 49.6 Å².